The van der Waals surface area contributed by atoms with Crippen molar-refractivity contribution in [1.82, 2.24) is 15.6 Å². The van der Waals surface area contributed by atoms with Gasteiger partial charge >= 0.3 is 35.5 Å². The molecule has 4 N–H and O–H groups in total. The van der Waals surface area contributed by atoms with Gasteiger partial charge in [-0.1, -0.05) is 18.2 Å². The summed E-state index contributed by atoms with van der Waals surface area (Å²) >= 11 is 0. The zero-order valence-electron chi connectivity index (χ0n) is 18.6. The third-order valence-corrected chi connectivity index (χ3v) is 4.20. The van der Waals surface area contributed by atoms with Crippen molar-refractivity contribution in [2.24, 2.45) is 0 Å². The number of carboxylic acids is 1. The molecule has 0 fully saturated rings. The molecule has 2 rings (SSSR count). The SMILES string of the molecule is O=C(O)CC(NC(=O)CNC(=O)CCCNc1ccccn1)c1cccc([N+](=O)[O-])c1.[H-].[Na+]. The molecule has 2 amide bonds. The molecular formula is C20H24N5NaO6. The molecule has 0 aliphatic carbocycles. The van der Waals surface area contributed by atoms with Crippen LogP contribution in [0.3, 0.4) is 0 Å². The van der Waals surface area contributed by atoms with Crippen molar-refractivity contribution < 1.29 is 55.4 Å². The Hall–Kier alpha value is -3.02. The van der Waals surface area contributed by atoms with Crippen LogP contribution in [0.25, 0.3) is 0 Å². The fourth-order valence-corrected chi connectivity index (χ4v) is 2.73. The molecule has 166 valence electrons. The van der Waals surface area contributed by atoms with Crippen LogP contribution >= 0.6 is 0 Å². The summed E-state index contributed by atoms with van der Waals surface area (Å²) in [6.45, 7) is 0.196. The summed E-state index contributed by atoms with van der Waals surface area (Å²) in [5.74, 6) is -1.41. The molecule has 1 heterocycles. The summed E-state index contributed by atoms with van der Waals surface area (Å²) in [5, 5.41) is 28.1. The van der Waals surface area contributed by atoms with Gasteiger partial charge in [0.15, 0.2) is 0 Å². The molecule has 0 aliphatic rings. The summed E-state index contributed by atoms with van der Waals surface area (Å²) in [6.07, 6.45) is 1.91. The molecule has 0 spiro atoms. The first kappa shape index (κ1) is 27.0. The molecule has 32 heavy (non-hydrogen) atoms. The number of hydrogen-bond donors (Lipinski definition) is 4. The Kier molecular flexibility index (Phi) is 11.9. The number of nitro groups is 1. The maximum absolute atomic E-state index is 12.2. The molecule has 12 heteroatoms. The van der Waals surface area contributed by atoms with Gasteiger partial charge in [-0.25, -0.2) is 4.98 Å². The van der Waals surface area contributed by atoms with Gasteiger partial charge in [-0.3, -0.25) is 24.5 Å². The molecule has 2 aromatic rings. The van der Waals surface area contributed by atoms with E-state index in [2.05, 4.69) is 20.9 Å². The predicted octanol–water partition coefficient (Wildman–Crippen LogP) is -1.25. The summed E-state index contributed by atoms with van der Waals surface area (Å²) in [6, 6.07) is 9.86. The number of aliphatic carboxylic acids is 1. The van der Waals surface area contributed by atoms with Gasteiger partial charge < -0.3 is 22.5 Å². The fraction of sp³-hybridized carbons (Fsp3) is 0.300. The normalized spacial score (nSPS) is 10.9. The van der Waals surface area contributed by atoms with Crippen LogP contribution in [0, 0.1) is 10.1 Å². The largest absolute Gasteiger partial charge is 1.00 e. The summed E-state index contributed by atoms with van der Waals surface area (Å²) in [7, 11) is 0. The smallest absolute Gasteiger partial charge is 1.00 e. The van der Waals surface area contributed by atoms with Gasteiger partial charge in [0, 0.05) is 31.3 Å². The molecule has 1 aromatic heterocycles. The number of pyridine rings is 1. The van der Waals surface area contributed by atoms with Gasteiger partial charge in [0.25, 0.3) is 5.69 Å². The van der Waals surface area contributed by atoms with Gasteiger partial charge in [0.2, 0.25) is 11.8 Å². The van der Waals surface area contributed by atoms with E-state index in [9.17, 15) is 24.5 Å². The van der Waals surface area contributed by atoms with Crippen LogP contribution in [-0.4, -0.2) is 45.9 Å². The zero-order chi connectivity index (χ0) is 22.6. The number of nitrogens with zero attached hydrogens (tertiary/aromatic N) is 2. The number of non-ortho nitro benzene ring substituents is 1. The summed E-state index contributed by atoms with van der Waals surface area (Å²) < 4.78 is 0. The zero-order valence-corrected chi connectivity index (χ0v) is 19.6. The minimum Gasteiger partial charge on any atom is -1.00 e. The van der Waals surface area contributed by atoms with E-state index in [1.165, 1.54) is 24.3 Å². The average Bonchev–Trinajstić information content (AvgIpc) is 2.75. The molecule has 1 atom stereocenters. The average molecular weight is 453 g/mol. The van der Waals surface area contributed by atoms with Crippen LogP contribution in [-0.2, 0) is 14.4 Å². The van der Waals surface area contributed by atoms with E-state index >= 15 is 0 Å². The van der Waals surface area contributed by atoms with Crippen molar-refractivity contribution in [3.8, 4) is 0 Å². The number of benzene rings is 1. The monoisotopic (exact) mass is 453 g/mol. The number of nitrogens with one attached hydrogen (secondary N) is 3. The second-order valence-electron chi connectivity index (χ2n) is 6.59. The maximum atomic E-state index is 12.2. The Morgan fingerprint density at radius 2 is 1.94 bits per heavy atom. The van der Waals surface area contributed by atoms with E-state index in [0.29, 0.717) is 18.8 Å². The number of rotatable bonds is 12. The van der Waals surface area contributed by atoms with E-state index in [1.54, 1.807) is 18.3 Å². The molecule has 0 saturated heterocycles. The van der Waals surface area contributed by atoms with E-state index in [0.717, 1.165) is 0 Å². The van der Waals surface area contributed by atoms with Crippen LogP contribution in [0.2, 0.25) is 0 Å². The first-order valence-electron chi connectivity index (χ1n) is 9.52. The minimum atomic E-state index is -1.18. The van der Waals surface area contributed by atoms with Crippen molar-refractivity contribution in [3.05, 3.63) is 64.3 Å². The molecule has 0 saturated carbocycles. The molecule has 0 radical (unpaired) electrons. The standard InChI is InChI=1S/C20H23N5O6.Na.H/c26-18(8-4-10-22-17-7-1-2-9-21-17)23-13-19(27)24-16(12-20(28)29)14-5-3-6-15(11-14)25(30)31;;/h1-3,5-7,9,11,16H,4,8,10,12-13H2,(H,21,22)(H,23,26)(H,24,27)(H,28,29);;/q;+1;-1. The number of carboxylic acid groups (broad SMARTS) is 1. The Labute approximate surface area is 207 Å². The number of hydrogen-bond acceptors (Lipinski definition) is 7. The van der Waals surface area contributed by atoms with Crippen LogP contribution in [0.4, 0.5) is 11.5 Å². The van der Waals surface area contributed by atoms with Gasteiger partial charge in [-0.05, 0) is 24.1 Å². The van der Waals surface area contributed by atoms with Crippen molar-refractivity contribution >= 4 is 29.3 Å². The second kappa shape index (κ2) is 14.1. The molecule has 0 aliphatic heterocycles. The van der Waals surface area contributed by atoms with Crippen LogP contribution in [0.15, 0.2) is 48.7 Å². The molecule has 0 bridgehead atoms. The quantitative estimate of drug-likeness (QED) is 0.134. The van der Waals surface area contributed by atoms with Crippen molar-refractivity contribution in [2.75, 3.05) is 18.4 Å². The molecule has 1 aromatic carbocycles. The fourth-order valence-electron chi connectivity index (χ4n) is 2.73. The summed E-state index contributed by atoms with van der Waals surface area (Å²) in [4.78, 5) is 49.6. The predicted molar refractivity (Wildman–Crippen MR) is 112 cm³/mol. The Morgan fingerprint density at radius 3 is 2.59 bits per heavy atom. The van der Waals surface area contributed by atoms with Gasteiger partial charge in [0.05, 0.1) is 23.9 Å². The van der Waals surface area contributed by atoms with Crippen molar-refractivity contribution in [1.29, 1.82) is 0 Å². The Balaban J connectivity index is 0.00000512. The van der Waals surface area contributed by atoms with Gasteiger partial charge in [0.1, 0.15) is 5.82 Å². The number of amides is 2. The third kappa shape index (κ3) is 9.86. The number of carbonyl (C=O) groups excluding carboxylic acids is 2. The van der Waals surface area contributed by atoms with E-state index in [-0.39, 0.29) is 61.1 Å². The number of aromatic nitrogens is 1. The molecule has 1 unspecified atom stereocenters. The van der Waals surface area contributed by atoms with Crippen LogP contribution < -0.4 is 45.5 Å². The summed E-state index contributed by atoms with van der Waals surface area (Å²) in [5.41, 5.74) is 0.0756. The molecular weight excluding hydrogens is 429 g/mol. The van der Waals surface area contributed by atoms with E-state index < -0.39 is 29.3 Å². The molecule has 11 nitrogen and oxygen atoms in total. The number of nitro benzene ring substituents is 1. The second-order valence-corrected chi connectivity index (χ2v) is 6.59. The van der Waals surface area contributed by atoms with Gasteiger partial charge in [-0.2, -0.15) is 0 Å². The Bertz CT molecular complexity index is 934. The van der Waals surface area contributed by atoms with Crippen molar-refractivity contribution in [2.45, 2.75) is 25.3 Å². The van der Waals surface area contributed by atoms with Crippen molar-refractivity contribution in [3.63, 3.8) is 0 Å². The number of carbonyl (C=O) groups is 3. The first-order chi connectivity index (χ1) is 14.8. The Morgan fingerprint density at radius 1 is 1.16 bits per heavy atom. The maximum Gasteiger partial charge on any atom is 1.00 e. The van der Waals surface area contributed by atoms with Gasteiger partial charge in [-0.15, -0.1) is 0 Å². The van der Waals surface area contributed by atoms with E-state index in [4.69, 9.17) is 5.11 Å². The van der Waals surface area contributed by atoms with Crippen LogP contribution in [0.5, 0.6) is 0 Å². The minimum absolute atomic E-state index is 0. The van der Waals surface area contributed by atoms with Crippen LogP contribution in [0.1, 0.15) is 32.3 Å². The van der Waals surface area contributed by atoms with E-state index in [1.807, 2.05) is 6.07 Å². The number of anilines is 1. The first-order valence-corrected chi connectivity index (χ1v) is 9.52. The third-order valence-electron chi connectivity index (χ3n) is 4.20. The topological polar surface area (TPSA) is 164 Å².